The second-order valence-corrected chi connectivity index (χ2v) is 5.24. The van der Waals surface area contributed by atoms with Crippen LogP contribution in [-0.2, 0) is 6.54 Å². The van der Waals surface area contributed by atoms with Crippen molar-refractivity contribution in [1.29, 1.82) is 0 Å². The zero-order chi connectivity index (χ0) is 11.4. The van der Waals surface area contributed by atoms with E-state index in [1.807, 2.05) is 0 Å². The van der Waals surface area contributed by atoms with E-state index < -0.39 is 0 Å². The van der Waals surface area contributed by atoms with E-state index in [1.165, 1.54) is 5.56 Å². The number of alkyl halides is 1. The van der Waals surface area contributed by atoms with Crippen LogP contribution < -0.4 is 5.73 Å². The number of hydrogen-bond donors (Lipinski definition) is 1. The molecule has 1 aliphatic heterocycles. The zero-order valence-corrected chi connectivity index (χ0v) is 11.1. The van der Waals surface area contributed by atoms with E-state index in [2.05, 4.69) is 51.2 Å². The third kappa shape index (κ3) is 3.06. The first-order chi connectivity index (χ1) is 7.79. The molecule has 2 nitrogen and oxygen atoms in total. The Bertz CT molecular complexity index is 315. The van der Waals surface area contributed by atoms with Crippen LogP contribution in [0.15, 0.2) is 30.3 Å². The molecule has 16 heavy (non-hydrogen) atoms. The molecule has 1 aromatic rings. The number of piperidine rings is 1. The van der Waals surface area contributed by atoms with Gasteiger partial charge in [0.25, 0.3) is 0 Å². The summed E-state index contributed by atoms with van der Waals surface area (Å²) in [6.45, 7) is 3.29. The molecular weight excluding hydrogens is 264 g/mol. The number of rotatable bonds is 3. The molecule has 2 unspecified atom stereocenters. The van der Waals surface area contributed by atoms with Gasteiger partial charge in [0.15, 0.2) is 0 Å². The average Bonchev–Trinajstić information content (AvgIpc) is 2.33. The van der Waals surface area contributed by atoms with E-state index in [4.69, 9.17) is 5.73 Å². The van der Waals surface area contributed by atoms with Crippen LogP contribution in [0.4, 0.5) is 0 Å². The van der Waals surface area contributed by atoms with E-state index >= 15 is 0 Å². The van der Waals surface area contributed by atoms with E-state index in [9.17, 15) is 0 Å². The Morgan fingerprint density at radius 1 is 1.31 bits per heavy atom. The van der Waals surface area contributed by atoms with Crippen LogP contribution in [0.25, 0.3) is 0 Å². The molecule has 1 aromatic carbocycles. The van der Waals surface area contributed by atoms with Gasteiger partial charge < -0.3 is 5.73 Å². The molecule has 2 N–H and O–H groups in total. The minimum absolute atomic E-state index is 0.367. The minimum atomic E-state index is 0.367. The number of benzene rings is 1. The summed E-state index contributed by atoms with van der Waals surface area (Å²) in [5.41, 5.74) is 7.48. The molecule has 0 bridgehead atoms. The summed E-state index contributed by atoms with van der Waals surface area (Å²) in [5.74, 6) is 0.595. The fourth-order valence-electron chi connectivity index (χ4n) is 2.27. The molecule has 0 spiro atoms. The van der Waals surface area contributed by atoms with Gasteiger partial charge in [-0.2, -0.15) is 0 Å². The molecule has 1 fully saturated rings. The topological polar surface area (TPSA) is 29.3 Å². The van der Waals surface area contributed by atoms with E-state index in [0.29, 0.717) is 12.0 Å². The highest BCUT2D eigenvalue weighted by Crippen LogP contribution is 2.19. The number of hydrogen-bond acceptors (Lipinski definition) is 2. The number of likely N-dealkylation sites (tertiary alicyclic amines) is 1. The van der Waals surface area contributed by atoms with Crippen LogP contribution in [0.5, 0.6) is 0 Å². The van der Waals surface area contributed by atoms with Crippen molar-refractivity contribution in [3.63, 3.8) is 0 Å². The van der Waals surface area contributed by atoms with Gasteiger partial charge in [-0.3, -0.25) is 4.90 Å². The first-order valence-corrected chi connectivity index (χ1v) is 6.99. The van der Waals surface area contributed by atoms with E-state index in [1.54, 1.807) is 0 Å². The Morgan fingerprint density at radius 2 is 2.06 bits per heavy atom. The van der Waals surface area contributed by atoms with Crippen molar-refractivity contribution in [3.8, 4) is 0 Å². The van der Waals surface area contributed by atoms with E-state index in [-0.39, 0.29) is 0 Å². The highest BCUT2D eigenvalue weighted by atomic mass is 79.9. The van der Waals surface area contributed by atoms with Gasteiger partial charge in [-0.25, -0.2) is 0 Å². The fraction of sp³-hybridized carbons (Fsp3) is 0.538. The predicted molar refractivity (Wildman–Crippen MR) is 71.6 cm³/mol. The van der Waals surface area contributed by atoms with Gasteiger partial charge in [-0.05, 0) is 24.4 Å². The lowest BCUT2D eigenvalue weighted by Crippen LogP contribution is -2.47. The number of halogens is 1. The van der Waals surface area contributed by atoms with Crippen LogP contribution >= 0.6 is 15.9 Å². The van der Waals surface area contributed by atoms with Crippen molar-refractivity contribution in [2.24, 2.45) is 11.7 Å². The second-order valence-electron chi connectivity index (χ2n) is 4.59. The van der Waals surface area contributed by atoms with Gasteiger partial charge >= 0.3 is 0 Å². The molecular formula is C13H19BrN2. The molecule has 0 amide bonds. The molecule has 0 radical (unpaired) electrons. The highest BCUT2D eigenvalue weighted by molar-refractivity contribution is 9.09. The first-order valence-electron chi connectivity index (χ1n) is 5.87. The molecule has 2 atom stereocenters. The Hall–Kier alpha value is -0.380. The molecule has 88 valence electrons. The minimum Gasteiger partial charge on any atom is -0.327 e. The monoisotopic (exact) mass is 282 g/mol. The first kappa shape index (κ1) is 12.1. The van der Waals surface area contributed by atoms with Crippen molar-refractivity contribution in [2.75, 3.05) is 18.4 Å². The van der Waals surface area contributed by atoms with E-state index in [0.717, 1.165) is 31.4 Å². The van der Waals surface area contributed by atoms with Crippen molar-refractivity contribution in [2.45, 2.75) is 19.0 Å². The van der Waals surface area contributed by atoms with Gasteiger partial charge in [-0.1, -0.05) is 46.3 Å². The predicted octanol–water partition coefficient (Wildman–Crippen LogP) is 2.23. The van der Waals surface area contributed by atoms with Crippen LogP contribution in [-0.4, -0.2) is 29.4 Å². The van der Waals surface area contributed by atoms with Gasteiger partial charge in [-0.15, -0.1) is 0 Å². The third-order valence-corrected chi connectivity index (χ3v) is 4.16. The lowest BCUT2D eigenvalue weighted by Gasteiger charge is -2.36. The number of nitrogens with zero attached hydrogens (tertiary/aromatic N) is 1. The normalized spacial score (nSPS) is 26.9. The smallest absolute Gasteiger partial charge is 0.0233 e. The summed E-state index contributed by atoms with van der Waals surface area (Å²) >= 11 is 3.56. The molecule has 3 heteroatoms. The van der Waals surface area contributed by atoms with Gasteiger partial charge in [0.2, 0.25) is 0 Å². The molecule has 0 aromatic heterocycles. The highest BCUT2D eigenvalue weighted by Gasteiger charge is 2.25. The van der Waals surface area contributed by atoms with Crippen LogP contribution in [0.3, 0.4) is 0 Å². The van der Waals surface area contributed by atoms with Crippen molar-refractivity contribution in [3.05, 3.63) is 35.9 Å². The summed E-state index contributed by atoms with van der Waals surface area (Å²) in [4.78, 5) is 2.50. The van der Waals surface area contributed by atoms with Crippen LogP contribution in [0, 0.1) is 5.92 Å². The standard InChI is InChI=1S/C13H19BrN2/c14-8-12-10-16(7-6-13(12)15)9-11-4-2-1-3-5-11/h1-5,12-13H,6-10,15H2. The molecule has 1 aliphatic rings. The molecule has 2 rings (SSSR count). The van der Waals surface area contributed by atoms with Crippen molar-refractivity contribution in [1.82, 2.24) is 4.90 Å². The number of nitrogens with two attached hydrogens (primary N) is 1. The lowest BCUT2D eigenvalue weighted by molar-refractivity contribution is 0.160. The van der Waals surface area contributed by atoms with Crippen LogP contribution in [0.2, 0.25) is 0 Å². The zero-order valence-electron chi connectivity index (χ0n) is 9.48. The van der Waals surface area contributed by atoms with Crippen molar-refractivity contribution < 1.29 is 0 Å². The maximum atomic E-state index is 6.09. The fourth-order valence-corrected chi connectivity index (χ4v) is 2.96. The quantitative estimate of drug-likeness (QED) is 0.862. The third-order valence-electron chi connectivity index (χ3n) is 3.32. The Labute approximate surface area is 106 Å². The summed E-state index contributed by atoms with van der Waals surface area (Å²) in [6.07, 6.45) is 1.11. The summed E-state index contributed by atoms with van der Waals surface area (Å²) in [7, 11) is 0. The molecule has 0 saturated carbocycles. The Morgan fingerprint density at radius 3 is 2.75 bits per heavy atom. The summed E-state index contributed by atoms with van der Waals surface area (Å²) in [5, 5.41) is 1.01. The van der Waals surface area contributed by atoms with Crippen molar-refractivity contribution >= 4 is 15.9 Å². The second kappa shape index (κ2) is 5.80. The Balaban J connectivity index is 1.92. The van der Waals surface area contributed by atoms with Gasteiger partial charge in [0, 0.05) is 24.5 Å². The Kier molecular flexibility index (Phi) is 4.38. The maximum absolute atomic E-state index is 6.09. The van der Waals surface area contributed by atoms with Gasteiger partial charge in [0.1, 0.15) is 0 Å². The van der Waals surface area contributed by atoms with Gasteiger partial charge in [0.05, 0.1) is 0 Å². The summed E-state index contributed by atoms with van der Waals surface area (Å²) < 4.78 is 0. The summed E-state index contributed by atoms with van der Waals surface area (Å²) in [6, 6.07) is 11.0. The molecule has 1 heterocycles. The SMILES string of the molecule is NC1CCN(Cc2ccccc2)CC1CBr. The lowest BCUT2D eigenvalue weighted by atomic mass is 9.94. The average molecular weight is 283 g/mol. The largest absolute Gasteiger partial charge is 0.327 e. The van der Waals surface area contributed by atoms with Crippen LogP contribution in [0.1, 0.15) is 12.0 Å². The molecule has 1 saturated heterocycles. The maximum Gasteiger partial charge on any atom is 0.0233 e. The molecule has 0 aliphatic carbocycles.